The molecule has 1 atom stereocenters. The summed E-state index contributed by atoms with van der Waals surface area (Å²) in [6, 6.07) is -0.779. The molecule has 7 nitrogen and oxygen atoms in total. The van der Waals surface area contributed by atoms with Crippen molar-refractivity contribution in [3.8, 4) is 0 Å². The van der Waals surface area contributed by atoms with E-state index in [0.717, 1.165) is 0 Å². The van der Waals surface area contributed by atoms with E-state index in [1.165, 1.54) is 0 Å². The number of carbonyl (C=O) groups excluding carboxylic acids is 2. The summed E-state index contributed by atoms with van der Waals surface area (Å²) in [5.41, 5.74) is 5.66. The van der Waals surface area contributed by atoms with Crippen LogP contribution in [0, 0.1) is 0 Å². The summed E-state index contributed by atoms with van der Waals surface area (Å²) in [6.45, 7) is 1.95. The molecule has 0 aromatic rings. The SMILES string of the molecule is CN(C)CCOC(=O)CCC(N)C(=O)OCCN(C)C. The molecule has 7 heteroatoms. The average Bonchev–Trinajstić information content (AvgIpc) is 2.34. The fourth-order valence-electron chi connectivity index (χ4n) is 1.24. The van der Waals surface area contributed by atoms with E-state index in [2.05, 4.69) is 0 Å². The highest BCUT2D eigenvalue weighted by Gasteiger charge is 2.17. The maximum absolute atomic E-state index is 11.5. The Morgan fingerprint density at radius 2 is 1.50 bits per heavy atom. The van der Waals surface area contributed by atoms with Crippen molar-refractivity contribution in [2.45, 2.75) is 18.9 Å². The fourth-order valence-corrected chi connectivity index (χ4v) is 1.24. The van der Waals surface area contributed by atoms with E-state index in [9.17, 15) is 9.59 Å². The van der Waals surface area contributed by atoms with Crippen molar-refractivity contribution in [2.75, 3.05) is 54.5 Å². The van der Waals surface area contributed by atoms with Gasteiger partial charge in [-0.25, -0.2) is 0 Å². The lowest BCUT2D eigenvalue weighted by molar-refractivity contribution is -0.147. The zero-order valence-electron chi connectivity index (χ0n) is 12.9. The quantitative estimate of drug-likeness (QED) is 0.532. The van der Waals surface area contributed by atoms with Gasteiger partial charge in [-0.15, -0.1) is 0 Å². The zero-order valence-corrected chi connectivity index (χ0v) is 12.9. The highest BCUT2D eigenvalue weighted by molar-refractivity contribution is 5.77. The summed E-state index contributed by atoms with van der Waals surface area (Å²) in [7, 11) is 7.57. The first-order valence-electron chi connectivity index (χ1n) is 6.70. The van der Waals surface area contributed by atoms with Gasteiger partial charge in [-0.3, -0.25) is 9.59 Å². The third-order valence-electron chi connectivity index (χ3n) is 2.55. The Balaban J connectivity index is 3.71. The summed E-state index contributed by atoms with van der Waals surface area (Å²) in [4.78, 5) is 26.7. The van der Waals surface area contributed by atoms with Crippen LogP contribution in [0.25, 0.3) is 0 Å². The fraction of sp³-hybridized carbons (Fsp3) is 0.846. The average molecular weight is 289 g/mol. The van der Waals surface area contributed by atoms with Gasteiger partial charge >= 0.3 is 11.9 Å². The van der Waals surface area contributed by atoms with E-state index in [1.807, 2.05) is 38.0 Å². The van der Waals surface area contributed by atoms with E-state index in [4.69, 9.17) is 15.2 Å². The number of nitrogens with two attached hydrogens (primary N) is 1. The van der Waals surface area contributed by atoms with E-state index >= 15 is 0 Å². The van der Waals surface area contributed by atoms with Crippen LogP contribution in [0.2, 0.25) is 0 Å². The molecule has 0 saturated carbocycles. The van der Waals surface area contributed by atoms with Crippen molar-refractivity contribution < 1.29 is 19.1 Å². The molecular formula is C13H27N3O4. The van der Waals surface area contributed by atoms with Crippen LogP contribution in [-0.2, 0) is 19.1 Å². The minimum absolute atomic E-state index is 0.122. The second-order valence-corrected chi connectivity index (χ2v) is 5.14. The van der Waals surface area contributed by atoms with Gasteiger partial charge in [0.25, 0.3) is 0 Å². The molecule has 0 radical (unpaired) electrons. The summed E-state index contributed by atoms with van der Waals surface area (Å²) in [6.07, 6.45) is 0.360. The monoisotopic (exact) mass is 289 g/mol. The number of carbonyl (C=O) groups is 2. The van der Waals surface area contributed by atoms with Crippen molar-refractivity contribution in [2.24, 2.45) is 5.73 Å². The maximum Gasteiger partial charge on any atom is 0.322 e. The molecule has 1 unspecified atom stereocenters. The molecule has 2 N–H and O–H groups in total. The van der Waals surface area contributed by atoms with Crippen molar-refractivity contribution in [1.29, 1.82) is 0 Å². The lowest BCUT2D eigenvalue weighted by atomic mass is 10.2. The molecule has 20 heavy (non-hydrogen) atoms. The molecule has 0 saturated heterocycles. The van der Waals surface area contributed by atoms with Gasteiger partial charge in [0.05, 0.1) is 0 Å². The Bertz CT molecular complexity index is 295. The van der Waals surface area contributed by atoms with E-state index < -0.39 is 12.0 Å². The topological polar surface area (TPSA) is 85.1 Å². The highest BCUT2D eigenvalue weighted by Crippen LogP contribution is 1.99. The third kappa shape index (κ3) is 10.7. The largest absolute Gasteiger partial charge is 0.464 e. The van der Waals surface area contributed by atoms with Gasteiger partial charge in [0.15, 0.2) is 0 Å². The molecule has 0 aromatic heterocycles. The number of rotatable bonds is 10. The van der Waals surface area contributed by atoms with Crippen molar-refractivity contribution in [3.05, 3.63) is 0 Å². The van der Waals surface area contributed by atoms with Crippen LogP contribution in [0.15, 0.2) is 0 Å². The Labute approximate surface area is 121 Å². The molecule has 0 aliphatic heterocycles. The minimum Gasteiger partial charge on any atom is -0.464 e. The molecule has 0 aromatic carbocycles. The smallest absolute Gasteiger partial charge is 0.322 e. The number of hydrogen-bond acceptors (Lipinski definition) is 7. The number of esters is 2. The lowest BCUT2D eigenvalue weighted by Crippen LogP contribution is -2.34. The Morgan fingerprint density at radius 3 is 2.00 bits per heavy atom. The van der Waals surface area contributed by atoms with Gasteiger partial charge in [0.1, 0.15) is 19.3 Å². The van der Waals surface area contributed by atoms with Crippen LogP contribution in [0.5, 0.6) is 0 Å². The summed E-state index contributed by atoms with van der Waals surface area (Å²) in [5.74, 6) is -0.823. The van der Waals surface area contributed by atoms with Crippen LogP contribution in [0.3, 0.4) is 0 Å². The van der Waals surface area contributed by atoms with Gasteiger partial charge in [0.2, 0.25) is 0 Å². The summed E-state index contributed by atoms with van der Waals surface area (Å²) in [5, 5.41) is 0. The summed E-state index contributed by atoms with van der Waals surface area (Å²) < 4.78 is 10.00. The molecule has 0 aliphatic rings. The number of likely N-dealkylation sites (N-methyl/N-ethyl adjacent to an activating group) is 2. The van der Waals surface area contributed by atoms with Gasteiger partial charge < -0.3 is 25.0 Å². The molecule has 0 spiro atoms. The van der Waals surface area contributed by atoms with Crippen LogP contribution in [0.4, 0.5) is 0 Å². The van der Waals surface area contributed by atoms with Crippen LogP contribution < -0.4 is 5.73 Å². The van der Waals surface area contributed by atoms with E-state index in [1.54, 1.807) is 0 Å². The lowest BCUT2D eigenvalue weighted by Gasteiger charge is -2.14. The number of hydrogen-bond donors (Lipinski definition) is 1. The summed E-state index contributed by atoms with van der Waals surface area (Å²) >= 11 is 0. The minimum atomic E-state index is -0.779. The zero-order chi connectivity index (χ0) is 15.5. The predicted molar refractivity (Wildman–Crippen MR) is 76.2 cm³/mol. The van der Waals surface area contributed by atoms with Crippen molar-refractivity contribution in [3.63, 3.8) is 0 Å². The van der Waals surface area contributed by atoms with E-state index in [-0.39, 0.29) is 18.8 Å². The molecule has 0 fully saturated rings. The van der Waals surface area contributed by atoms with Crippen LogP contribution >= 0.6 is 0 Å². The molecule has 0 rings (SSSR count). The standard InChI is InChI=1S/C13H27N3O4/c1-15(2)7-9-19-12(17)6-5-11(14)13(18)20-10-8-16(3)4/h11H,5-10,14H2,1-4H3. The van der Waals surface area contributed by atoms with Gasteiger partial charge in [0, 0.05) is 19.5 Å². The van der Waals surface area contributed by atoms with Crippen LogP contribution in [0.1, 0.15) is 12.8 Å². The Hall–Kier alpha value is -1.18. The second kappa shape index (κ2) is 10.6. The third-order valence-corrected chi connectivity index (χ3v) is 2.55. The maximum atomic E-state index is 11.5. The molecule has 0 bridgehead atoms. The number of nitrogens with zero attached hydrogens (tertiary/aromatic N) is 2. The van der Waals surface area contributed by atoms with Gasteiger partial charge in [-0.2, -0.15) is 0 Å². The predicted octanol–water partition coefficient (Wildman–Crippen LogP) is -0.696. The highest BCUT2D eigenvalue weighted by atomic mass is 16.5. The second-order valence-electron chi connectivity index (χ2n) is 5.14. The van der Waals surface area contributed by atoms with Crippen LogP contribution in [-0.4, -0.2) is 82.3 Å². The Morgan fingerprint density at radius 1 is 1.00 bits per heavy atom. The normalized spacial score (nSPS) is 12.6. The Kier molecular flexibility index (Phi) is 9.96. The first-order chi connectivity index (χ1) is 9.32. The van der Waals surface area contributed by atoms with Crippen molar-refractivity contribution in [1.82, 2.24) is 9.80 Å². The molecule has 118 valence electrons. The van der Waals surface area contributed by atoms with Gasteiger partial charge in [-0.1, -0.05) is 0 Å². The molecule has 0 aliphatic carbocycles. The molecular weight excluding hydrogens is 262 g/mol. The van der Waals surface area contributed by atoms with Gasteiger partial charge in [-0.05, 0) is 34.6 Å². The first-order valence-corrected chi connectivity index (χ1v) is 6.70. The molecule has 0 heterocycles. The van der Waals surface area contributed by atoms with Crippen molar-refractivity contribution >= 4 is 11.9 Å². The van der Waals surface area contributed by atoms with E-state index in [0.29, 0.717) is 26.3 Å². The molecule has 0 amide bonds. The first kappa shape index (κ1) is 18.8. The number of ether oxygens (including phenoxy) is 2.